The number of nitrogens with zero attached hydrogens (tertiary/aromatic N) is 1. The number of hydrogen-bond acceptors (Lipinski definition) is 3. The first-order valence-corrected chi connectivity index (χ1v) is 8.41. The van der Waals surface area contributed by atoms with E-state index in [9.17, 15) is 9.18 Å². The van der Waals surface area contributed by atoms with E-state index in [0.29, 0.717) is 18.5 Å². The summed E-state index contributed by atoms with van der Waals surface area (Å²) in [4.78, 5) is 16.4. The molecule has 26 heavy (non-hydrogen) atoms. The lowest BCUT2D eigenvalue weighted by Gasteiger charge is -2.09. The molecule has 0 saturated heterocycles. The zero-order valence-electron chi connectivity index (χ0n) is 14.5. The van der Waals surface area contributed by atoms with Crippen LogP contribution in [0.1, 0.15) is 21.5 Å². The van der Waals surface area contributed by atoms with Gasteiger partial charge in [0.05, 0.1) is 17.4 Å². The number of carbonyl (C=O) groups excluding carboxylic acids is 1. The summed E-state index contributed by atoms with van der Waals surface area (Å²) in [5, 5.41) is 6.11. The number of nitrogens with one attached hydrogen (secondary N) is 2. The summed E-state index contributed by atoms with van der Waals surface area (Å²) in [6.07, 6.45) is 3.85. The number of carbonyl (C=O) groups is 1. The number of anilines is 2. The molecule has 0 aliphatic heterocycles. The van der Waals surface area contributed by atoms with Crippen molar-refractivity contribution in [3.8, 4) is 0 Å². The van der Waals surface area contributed by atoms with Crippen molar-refractivity contribution in [3.63, 3.8) is 0 Å². The summed E-state index contributed by atoms with van der Waals surface area (Å²) >= 11 is 0. The van der Waals surface area contributed by atoms with Gasteiger partial charge in [0, 0.05) is 18.4 Å². The maximum atomic E-state index is 12.9. The molecule has 132 valence electrons. The number of amides is 1. The van der Waals surface area contributed by atoms with Crippen molar-refractivity contribution in [2.24, 2.45) is 0 Å². The van der Waals surface area contributed by atoms with Crippen LogP contribution in [-0.2, 0) is 6.42 Å². The van der Waals surface area contributed by atoms with E-state index in [0.717, 1.165) is 22.5 Å². The number of aryl methyl sites for hydroxylation is 1. The van der Waals surface area contributed by atoms with Crippen LogP contribution in [0, 0.1) is 12.7 Å². The molecular weight excluding hydrogens is 329 g/mol. The van der Waals surface area contributed by atoms with Crippen molar-refractivity contribution in [3.05, 3.63) is 89.5 Å². The van der Waals surface area contributed by atoms with Crippen LogP contribution in [0.4, 0.5) is 15.8 Å². The molecule has 1 amide bonds. The molecule has 1 aromatic heterocycles. The number of pyridine rings is 1. The summed E-state index contributed by atoms with van der Waals surface area (Å²) in [7, 11) is 0. The lowest BCUT2D eigenvalue weighted by Crippen LogP contribution is -2.25. The SMILES string of the molecule is Cc1cccc(Nc2cncc(C(=O)NCCc3ccc(F)cc3)c2)c1. The van der Waals surface area contributed by atoms with Gasteiger partial charge in [0.1, 0.15) is 5.82 Å². The molecule has 0 spiro atoms. The molecule has 2 N–H and O–H groups in total. The Labute approximate surface area is 152 Å². The zero-order chi connectivity index (χ0) is 18.4. The first kappa shape index (κ1) is 17.6. The minimum atomic E-state index is -0.262. The average molecular weight is 349 g/mol. The Morgan fingerprint density at radius 1 is 1.04 bits per heavy atom. The smallest absolute Gasteiger partial charge is 0.252 e. The van der Waals surface area contributed by atoms with E-state index in [-0.39, 0.29) is 11.7 Å². The van der Waals surface area contributed by atoms with Gasteiger partial charge in [-0.15, -0.1) is 0 Å². The third-order valence-corrected chi connectivity index (χ3v) is 3.92. The van der Waals surface area contributed by atoms with E-state index in [1.54, 1.807) is 24.4 Å². The number of benzene rings is 2. The van der Waals surface area contributed by atoms with Gasteiger partial charge in [-0.1, -0.05) is 24.3 Å². The predicted octanol–water partition coefficient (Wildman–Crippen LogP) is 4.25. The van der Waals surface area contributed by atoms with E-state index in [4.69, 9.17) is 0 Å². The van der Waals surface area contributed by atoms with Crippen LogP contribution < -0.4 is 10.6 Å². The Kier molecular flexibility index (Phi) is 5.59. The van der Waals surface area contributed by atoms with E-state index >= 15 is 0 Å². The van der Waals surface area contributed by atoms with Gasteiger partial charge in [-0.3, -0.25) is 9.78 Å². The summed E-state index contributed by atoms with van der Waals surface area (Å²) in [6.45, 7) is 2.49. The molecule has 0 bridgehead atoms. The van der Waals surface area contributed by atoms with Crippen molar-refractivity contribution >= 4 is 17.3 Å². The lowest BCUT2D eigenvalue weighted by molar-refractivity contribution is 0.0954. The van der Waals surface area contributed by atoms with Crippen LogP contribution in [0.15, 0.2) is 67.0 Å². The highest BCUT2D eigenvalue weighted by Crippen LogP contribution is 2.17. The summed E-state index contributed by atoms with van der Waals surface area (Å²) in [6, 6.07) is 16.0. The predicted molar refractivity (Wildman–Crippen MR) is 101 cm³/mol. The van der Waals surface area contributed by atoms with Gasteiger partial charge >= 0.3 is 0 Å². The third-order valence-electron chi connectivity index (χ3n) is 3.92. The van der Waals surface area contributed by atoms with Crippen molar-refractivity contribution in [2.75, 3.05) is 11.9 Å². The number of halogens is 1. The Hall–Kier alpha value is -3.21. The maximum Gasteiger partial charge on any atom is 0.252 e. The zero-order valence-corrected chi connectivity index (χ0v) is 14.5. The summed E-state index contributed by atoms with van der Waals surface area (Å²) < 4.78 is 12.9. The molecule has 0 radical (unpaired) electrons. The molecule has 0 atom stereocenters. The Morgan fingerprint density at radius 3 is 2.62 bits per heavy atom. The fourth-order valence-electron chi connectivity index (χ4n) is 2.60. The van der Waals surface area contributed by atoms with E-state index in [1.807, 2.05) is 31.2 Å². The number of aromatic nitrogens is 1. The first-order chi connectivity index (χ1) is 12.6. The van der Waals surface area contributed by atoms with Gasteiger partial charge in [-0.2, -0.15) is 0 Å². The molecule has 4 nitrogen and oxygen atoms in total. The highest BCUT2D eigenvalue weighted by molar-refractivity contribution is 5.94. The van der Waals surface area contributed by atoms with Crippen LogP contribution in [-0.4, -0.2) is 17.4 Å². The Balaban J connectivity index is 1.58. The second-order valence-corrected chi connectivity index (χ2v) is 6.09. The van der Waals surface area contributed by atoms with Crippen LogP contribution in [0.3, 0.4) is 0 Å². The monoisotopic (exact) mass is 349 g/mol. The highest BCUT2D eigenvalue weighted by atomic mass is 19.1. The van der Waals surface area contributed by atoms with E-state index < -0.39 is 0 Å². The molecule has 0 aliphatic rings. The molecule has 3 rings (SSSR count). The molecule has 1 heterocycles. The first-order valence-electron chi connectivity index (χ1n) is 8.41. The second-order valence-electron chi connectivity index (χ2n) is 6.09. The van der Waals surface area contributed by atoms with Crippen LogP contribution in [0.5, 0.6) is 0 Å². The molecule has 0 unspecified atom stereocenters. The summed E-state index contributed by atoms with van der Waals surface area (Å²) in [5.74, 6) is -0.450. The van der Waals surface area contributed by atoms with Gasteiger partial charge in [-0.05, 0) is 54.8 Å². The molecule has 5 heteroatoms. The Bertz CT molecular complexity index is 894. The minimum Gasteiger partial charge on any atom is -0.354 e. The van der Waals surface area contributed by atoms with Crippen LogP contribution in [0.2, 0.25) is 0 Å². The van der Waals surface area contributed by atoms with Gasteiger partial charge < -0.3 is 10.6 Å². The van der Waals surface area contributed by atoms with Crippen molar-refractivity contribution in [1.82, 2.24) is 10.3 Å². The molecule has 0 aliphatic carbocycles. The van der Waals surface area contributed by atoms with Crippen molar-refractivity contribution in [1.29, 1.82) is 0 Å². The van der Waals surface area contributed by atoms with Crippen LogP contribution >= 0.6 is 0 Å². The topological polar surface area (TPSA) is 54.0 Å². The fourth-order valence-corrected chi connectivity index (χ4v) is 2.60. The van der Waals surface area contributed by atoms with Crippen molar-refractivity contribution < 1.29 is 9.18 Å². The lowest BCUT2D eigenvalue weighted by atomic mass is 10.1. The van der Waals surface area contributed by atoms with Gasteiger partial charge in [0.15, 0.2) is 0 Å². The second kappa shape index (κ2) is 8.25. The molecule has 0 saturated carbocycles. The van der Waals surface area contributed by atoms with E-state index in [2.05, 4.69) is 15.6 Å². The van der Waals surface area contributed by atoms with Crippen LogP contribution in [0.25, 0.3) is 0 Å². The standard InChI is InChI=1S/C21H20FN3O/c1-15-3-2-4-19(11-15)25-20-12-17(13-23-14-20)21(26)24-10-9-16-5-7-18(22)8-6-16/h2-8,11-14,25H,9-10H2,1H3,(H,24,26). The highest BCUT2D eigenvalue weighted by Gasteiger charge is 2.07. The maximum absolute atomic E-state index is 12.9. The number of rotatable bonds is 6. The molecular formula is C21H20FN3O. The normalized spacial score (nSPS) is 10.4. The third kappa shape index (κ3) is 4.89. The average Bonchev–Trinajstić information content (AvgIpc) is 2.63. The van der Waals surface area contributed by atoms with E-state index in [1.165, 1.54) is 18.3 Å². The largest absolute Gasteiger partial charge is 0.354 e. The fraction of sp³-hybridized carbons (Fsp3) is 0.143. The van der Waals surface area contributed by atoms with Gasteiger partial charge in [-0.25, -0.2) is 4.39 Å². The summed E-state index contributed by atoms with van der Waals surface area (Å²) in [5.41, 5.74) is 4.31. The Morgan fingerprint density at radius 2 is 1.85 bits per heavy atom. The molecule has 2 aromatic carbocycles. The number of hydrogen-bond donors (Lipinski definition) is 2. The molecule has 0 fully saturated rings. The van der Waals surface area contributed by atoms with Gasteiger partial charge in [0.2, 0.25) is 0 Å². The van der Waals surface area contributed by atoms with Crippen molar-refractivity contribution in [2.45, 2.75) is 13.3 Å². The van der Waals surface area contributed by atoms with Gasteiger partial charge in [0.25, 0.3) is 5.91 Å². The molecule has 3 aromatic rings. The minimum absolute atomic E-state index is 0.187. The quantitative estimate of drug-likeness (QED) is 0.700.